The summed E-state index contributed by atoms with van der Waals surface area (Å²) < 4.78 is 11.2. The minimum absolute atomic E-state index is 0.176. The molecule has 0 spiro atoms. The van der Waals surface area contributed by atoms with Gasteiger partial charge in [0.25, 0.3) is 0 Å². The Labute approximate surface area is 135 Å². The van der Waals surface area contributed by atoms with Gasteiger partial charge in [-0.3, -0.25) is 4.90 Å². The number of hydrogen-bond acceptors (Lipinski definition) is 6. The molecule has 1 aromatic heterocycles. The third-order valence-corrected chi connectivity index (χ3v) is 5.54. The molecular formula is C16H24N2O3S. The zero-order chi connectivity index (χ0) is 15.9. The van der Waals surface area contributed by atoms with Gasteiger partial charge in [0.1, 0.15) is 6.10 Å². The molecule has 6 heteroatoms. The minimum atomic E-state index is -0.324. The van der Waals surface area contributed by atoms with Gasteiger partial charge in [-0.15, -0.1) is 11.3 Å². The van der Waals surface area contributed by atoms with Gasteiger partial charge in [0, 0.05) is 31.0 Å². The van der Waals surface area contributed by atoms with Gasteiger partial charge in [0.15, 0.2) is 4.88 Å². The van der Waals surface area contributed by atoms with Gasteiger partial charge in [-0.1, -0.05) is 0 Å². The van der Waals surface area contributed by atoms with E-state index in [9.17, 15) is 4.79 Å². The van der Waals surface area contributed by atoms with Crippen molar-refractivity contribution in [3.05, 3.63) is 9.88 Å². The van der Waals surface area contributed by atoms with Crippen LogP contribution < -0.4 is 4.74 Å². The van der Waals surface area contributed by atoms with Crippen LogP contribution in [0.3, 0.4) is 0 Å². The Morgan fingerprint density at radius 1 is 1.45 bits per heavy atom. The van der Waals surface area contributed by atoms with E-state index in [2.05, 4.69) is 23.7 Å². The Balaban J connectivity index is 1.69. The van der Waals surface area contributed by atoms with Gasteiger partial charge in [-0.2, -0.15) is 0 Å². The van der Waals surface area contributed by atoms with Crippen molar-refractivity contribution in [3.63, 3.8) is 0 Å². The van der Waals surface area contributed by atoms with E-state index in [1.807, 2.05) is 13.8 Å². The van der Waals surface area contributed by atoms with E-state index in [0.717, 1.165) is 18.0 Å². The highest BCUT2D eigenvalue weighted by atomic mass is 32.1. The fourth-order valence-corrected chi connectivity index (χ4v) is 4.42. The fraction of sp³-hybridized carbons (Fsp3) is 0.750. The first-order valence-electron chi connectivity index (χ1n) is 8.06. The van der Waals surface area contributed by atoms with Crippen LogP contribution in [0.4, 0.5) is 0 Å². The molecule has 3 atom stereocenters. The number of aromatic nitrogens is 1. The normalized spacial score (nSPS) is 27.6. The Morgan fingerprint density at radius 3 is 2.82 bits per heavy atom. The van der Waals surface area contributed by atoms with Gasteiger partial charge in [-0.05, 0) is 34.1 Å². The molecule has 5 nitrogen and oxygen atoms in total. The topological polar surface area (TPSA) is 51.7 Å². The Kier molecular flexibility index (Phi) is 4.41. The van der Waals surface area contributed by atoms with Gasteiger partial charge in [0.2, 0.25) is 5.88 Å². The number of piperidine rings is 1. The van der Waals surface area contributed by atoms with E-state index in [1.54, 1.807) is 0 Å². The number of thiazole rings is 1. The van der Waals surface area contributed by atoms with Crippen molar-refractivity contribution in [2.75, 3.05) is 13.2 Å². The lowest BCUT2D eigenvalue weighted by Gasteiger charge is -2.34. The summed E-state index contributed by atoms with van der Waals surface area (Å²) >= 11 is 1.35. The van der Waals surface area contributed by atoms with E-state index < -0.39 is 0 Å². The van der Waals surface area contributed by atoms with Crippen LogP contribution in [0.1, 0.15) is 48.3 Å². The maximum Gasteiger partial charge on any atom is 0.353 e. The maximum absolute atomic E-state index is 12.0. The number of aryl methyl sites for hydroxylation is 1. The highest BCUT2D eigenvalue weighted by molar-refractivity contribution is 7.13. The third kappa shape index (κ3) is 2.86. The lowest BCUT2D eigenvalue weighted by Crippen LogP contribution is -2.43. The number of hydrogen-bond donors (Lipinski definition) is 0. The highest BCUT2D eigenvalue weighted by Gasteiger charge is 2.47. The molecule has 3 rings (SSSR count). The molecule has 22 heavy (non-hydrogen) atoms. The van der Waals surface area contributed by atoms with E-state index >= 15 is 0 Å². The first-order chi connectivity index (χ1) is 10.5. The minimum Gasteiger partial charge on any atom is -0.473 e. The molecule has 1 saturated heterocycles. The second kappa shape index (κ2) is 6.16. The molecule has 0 N–H and O–H groups in total. The standard InChI is InChI=1S/C16H24N2O3S/c1-5-20-16(19)14-15(17-10(4)22-14)21-13-7-12-6-11(13)8-18(12)9(2)3/h9,11-13H,5-8H2,1-4H3. The Morgan fingerprint density at radius 2 is 2.23 bits per heavy atom. The van der Waals surface area contributed by atoms with Crippen molar-refractivity contribution >= 4 is 17.3 Å². The molecule has 2 aliphatic rings. The third-order valence-electron chi connectivity index (χ3n) is 4.61. The molecule has 0 aromatic carbocycles. The van der Waals surface area contributed by atoms with Gasteiger partial charge < -0.3 is 9.47 Å². The predicted molar refractivity (Wildman–Crippen MR) is 85.6 cm³/mol. The van der Waals surface area contributed by atoms with Crippen molar-refractivity contribution in [2.24, 2.45) is 5.92 Å². The second-order valence-electron chi connectivity index (χ2n) is 6.42. The monoisotopic (exact) mass is 324 g/mol. The van der Waals surface area contributed by atoms with Crippen LogP contribution in [0.2, 0.25) is 0 Å². The number of carbonyl (C=O) groups excluding carboxylic acids is 1. The largest absolute Gasteiger partial charge is 0.473 e. The summed E-state index contributed by atoms with van der Waals surface area (Å²) in [5.74, 6) is 0.689. The van der Waals surface area contributed by atoms with Crippen LogP contribution in [-0.4, -0.2) is 47.2 Å². The van der Waals surface area contributed by atoms with Crippen molar-refractivity contribution in [1.82, 2.24) is 9.88 Å². The van der Waals surface area contributed by atoms with Crippen LogP contribution >= 0.6 is 11.3 Å². The lowest BCUT2D eigenvalue weighted by atomic mass is 10.1. The number of likely N-dealkylation sites (tertiary alicyclic amines) is 1. The zero-order valence-electron chi connectivity index (χ0n) is 13.7. The van der Waals surface area contributed by atoms with E-state index in [4.69, 9.17) is 9.47 Å². The van der Waals surface area contributed by atoms with E-state index in [0.29, 0.717) is 35.4 Å². The fourth-order valence-electron chi connectivity index (χ4n) is 3.67. The van der Waals surface area contributed by atoms with Gasteiger partial charge >= 0.3 is 5.97 Å². The van der Waals surface area contributed by atoms with Crippen molar-refractivity contribution < 1.29 is 14.3 Å². The van der Waals surface area contributed by atoms with Gasteiger partial charge in [0.05, 0.1) is 11.6 Å². The van der Waals surface area contributed by atoms with E-state index in [1.165, 1.54) is 17.8 Å². The molecule has 3 unspecified atom stereocenters. The molecule has 122 valence electrons. The number of fused-ring (bicyclic) bond motifs is 2. The van der Waals surface area contributed by atoms with Crippen molar-refractivity contribution in [1.29, 1.82) is 0 Å². The molecule has 1 aliphatic carbocycles. The summed E-state index contributed by atoms with van der Waals surface area (Å²) in [6.07, 6.45) is 2.40. The summed E-state index contributed by atoms with van der Waals surface area (Å²) in [6.45, 7) is 9.65. The Hall–Kier alpha value is -1.14. The first kappa shape index (κ1) is 15.7. The average Bonchev–Trinajstić information content (AvgIpc) is 3.12. The summed E-state index contributed by atoms with van der Waals surface area (Å²) in [5.41, 5.74) is 0. The molecular weight excluding hydrogens is 300 g/mol. The summed E-state index contributed by atoms with van der Waals surface area (Å²) in [7, 11) is 0. The lowest BCUT2D eigenvalue weighted by molar-refractivity contribution is 0.0507. The zero-order valence-corrected chi connectivity index (χ0v) is 14.5. The van der Waals surface area contributed by atoms with Crippen molar-refractivity contribution in [3.8, 4) is 5.88 Å². The number of carbonyl (C=O) groups is 1. The number of esters is 1. The average molecular weight is 324 g/mol. The molecule has 2 heterocycles. The second-order valence-corrected chi connectivity index (χ2v) is 7.62. The summed E-state index contributed by atoms with van der Waals surface area (Å²) in [5, 5.41) is 0.838. The van der Waals surface area contributed by atoms with Gasteiger partial charge in [-0.25, -0.2) is 9.78 Å². The molecule has 0 amide bonds. The van der Waals surface area contributed by atoms with Crippen LogP contribution in [0.5, 0.6) is 5.88 Å². The highest BCUT2D eigenvalue weighted by Crippen LogP contribution is 2.41. The van der Waals surface area contributed by atoms with Crippen LogP contribution in [0, 0.1) is 12.8 Å². The Bertz CT molecular complexity index is 558. The first-order valence-corrected chi connectivity index (χ1v) is 8.88. The number of rotatable bonds is 5. The molecule has 1 aliphatic heterocycles. The molecule has 1 aromatic rings. The van der Waals surface area contributed by atoms with Crippen molar-refractivity contribution in [2.45, 2.75) is 58.7 Å². The summed E-state index contributed by atoms with van der Waals surface area (Å²) in [4.78, 5) is 19.5. The van der Waals surface area contributed by atoms with Crippen LogP contribution in [-0.2, 0) is 4.74 Å². The van der Waals surface area contributed by atoms with Crippen LogP contribution in [0.25, 0.3) is 0 Å². The SMILES string of the molecule is CCOC(=O)c1sc(C)nc1OC1CC2CC1CN2C(C)C. The quantitative estimate of drug-likeness (QED) is 0.780. The molecule has 1 saturated carbocycles. The number of nitrogens with zero attached hydrogens (tertiary/aromatic N) is 2. The molecule has 2 bridgehead atoms. The smallest absolute Gasteiger partial charge is 0.353 e. The number of ether oxygens (including phenoxy) is 2. The summed E-state index contributed by atoms with van der Waals surface area (Å²) in [6, 6.07) is 1.20. The molecule has 2 fully saturated rings. The van der Waals surface area contributed by atoms with Crippen LogP contribution in [0.15, 0.2) is 0 Å². The molecule has 0 radical (unpaired) electrons. The predicted octanol–water partition coefficient (Wildman–Crippen LogP) is 2.88. The van der Waals surface area contributed by atoms with E-state index in [-0.39, 0.29) is 12.1 Å². The maximum atomic E-state index is 12.0.